The predicted molar refractivity (Wildman–Crippen MR) is 77.2 cm³/mol. The summed E-state index contributed by atoms with van der Waals surface area (Å²) in [5.74, 6) is -0.923. The van der Waals surface area contributed by atoms with Crippen LogP contribution in [0, 0.1) is 0 Å². The van der Waals surface area contributed by atoms with E-state index >= 15 is 0 Å². The van der Waals surface area contributed by atoms with E-state index in [9.17, 15) is 4.79 Å². The zero-order valence-electron chi connectivity index (χ0n) is 12.7. The van der Waals surface area contributed by atoms with Gasteiger partial charge < -0.3 is 20.6 Å². The summed E-state index contributed by atoms with van der Waals surface area (Å²) in [6, 6.07) is 0.728. The van der Waals surface area contributed by atoms with E-state index in [0.29, 0.717) is 12.5 Å². The molecule has 1 heterocycles. The minimum absolute atomic E-state index is 0.185. The normalized spacial score (nSPS) is 23.3. The average molecular weight is 271 g/mol. The summed E-state index contributed by atoms with van der Waals surface area (Å²) < 4.78 is 0. The molecule has 1 aliphatic rings. The van der Waals surface area contributed by atoms with Crippen LogP contribution >= 0.6 is 0 Å². The molecule has 2 atom stereocenters. The number of aliphatic carboxylic acids is 1. The van der Waals surface area contributed by atoms with Crippen LogP contribution in [0.15, 0.2) is 0 Å². The van der Waals surface area contributed by atoms with E-state index in [4.69, 9.17) is 10.8 Å². The van der Waals surface area contributed by atoms with Crippen molar-refractivity contribution in [3.05, 3.63) is 0 Å². The van der Waals surface area contributed by atoms with Crippen LogP contribution in [0.3, 0.4) is 0 Å². The fourth-order valence-corrected chi connectivity index (χ4v) is 2.85. The first-order valence-electron chi connectivity index (χ1n) is 7.24. The number of carbonyl (C=O) groups is 1. The highest BCUT2D eigenvalue weighted by atomic mass is 16.4. The molecule has 1 rings (SSSR count). The summed E-state index contributed by atoms with van der Waals surface area (Å²) in [4.78, 5) is 15.9. The SMILES string of the molecule is CCN1CCC(N(C)C(C)CC(C)(N)C(=O)O)CC1. The van der Waals surface area contributed by atoms with Gasteiger partial charge in [0, 0.05) is 12.1 Å². The van der Waals surface area contributed by atoms with Gasteiger partial charge in [0.15, 0.2) is 0 Å². The van der Waals surface area contributed by atoms with Crippen molar-refractivity contribution >= 4 is 5.97 Å². The molecule has 0 amide bonds. The number of rotatable bonds is 6. The molecule has 1 fully saturated rings. The molecule has 0 spiro atoms. The quantitative estimate of drug-likeness (QED) is 0.754. The Morgan fingerprint density at radius 3 is 2.47 bits per heavy atom. The molecule has 0 saturated carbocycles. The standard InChI is InChI=1S/C14H29N3O2/c1-5-17-8-6-12(7-9-17)16(4)11(2)10-14(3,15)13(18)19/h11-12H,5-10,15H2,1-4H3,(H,18,19). The molecule has 0 bridgehead atoms. The van der Waals surface area contributed by atoms with Gasteiger partial charge in [-0.15, -0.1) is 0 Å². The summed E-state index contributed by atoms with van der Waals surface area (Å²) >= 11 is 0. The van der Waals surface area contributed by atoms with Crippen LogP contribution in [0.5, 0.6) is 0 Å². The third kappa shape index (κ3) is 4.44. The average Bonchev–Trinajstić information content (AvgIpc) is 2.37. The predicted octanol–water partition coefficient (Wildman–Crippen LogP) is 0.983. The molecule has 1 saturated heterocycles. The Balaban J connectivity index is 2.49. The van der Waals surface area contributed by atoms with Crippen LogP contribution in [0.4, 0.5) is 0 Å². The fourth-order valence-electron chi connectivity index (χ4n) is 2.85. The highest BCUT2D eigenvalue weighted by Gasteiger charge is 2.33. The molecule has 0 radical (unpaired) electrons. The number of piperidine rings is 1. The lowest BCUT2D eigenvalue weighted by molar-refractivity contribution is -0.143. The Kier molecular flexibility index (Phi) is 5.77. The Labute approximate surface area is 116 Å². The van der Waals surface area contributed by atoms with E-state index in [-0.39, 0.29) is 6.04 Å². The number of carboxylic acid groups (broad SMARTS) is 1. The molecule has 0 aromatic heterocycles. The summed E-state index contributed by atoms with van der Waals surface area (Å²) in [5, 5.41) is 9.10. The van der Waals surface area contributed by atoms with E-state index in [1.165, 1.54) is 0 Å². The molecule has 19 heavy (non-hydrogen) atoms. The Hall–Kier alpha value is -0.650. The van der Waals surface area contributed by atoms with Crippen LogP contribution in [-0.2, 0) is 4.79 Å². The van der Waals surface area contributed by atoms with Crippen molar-refractivity contribution in [1.29, 1.82) is 0 Å². The number of nitrogens with zero attached hydrogens (tertiary/aromatic N) is 2. The maximum atomic E-state index is 11.1. The Morgan fingerprint density at radius 2 is 2.05 bits per heavy atom. The first kappa shape index (κ1) is 16.4. The first-order chi connectivity index (χ1) is 8.77. The Bertz CT molecular complexity index is 299. The van der Waals surface area contributed by atoms with E-state index in [0.717, 1.165) is 32.5 Å². The summed E-state index contributed by atoms with van der Waals surface area (Å²) in [5.41, 5.74) is 4.70. The van der Waals surface area contributed by atoms with Gasteiger partial charge in [0.2, 0.25) is 0 Å². The van der Waals surface area contributed by atoms with Gasteiger partial charge in [-0.25, -0.2) is 0 Å². The number of nitrogens with two attached hydrogens (primary N) is 1. The van der Waals surface area contributed by atoms with E-state index in [1.54, 1.807) is 6.92 Å². The van der Waals surface area contributed by atoms with Crippen molar-refractivity contribution in [1.82, 2.24) is 9.80 Å². The van der Waals surface area contributed by atoms with Gasteiger partial charge >= 0.3 is 5.97 Å². The molecule has 0 aromatic rings. The molecule has 2 unspecified atom stereocenters. The molecule has 1 aliphatic heterocycles. The van der Waals surface area contributed by atoms with Gasteiger partial charge in [0.05, 0.1) is 0 Å². The van der Waals surface area contributed by atoms with Crippen molar-refractivity contribution in [2.45, 2.75) is 57.7 Å². The van der Waals surface area contributed by atoms with E-state index in [1.807, 2.05) is 0 Å². The molecule has 5 nitrogen and oxygen atoms in total. The van der Waals surface area contributed by atoms with Crippen LogP contribution < -0.4 is 5.73 Å². The smallest absolute Gasteiger partial charge is 0.323 e. The number of hydrogen-bond acceptors (Lipinski definition) is 4. The fraction of sp³-hybridized carbons (Fsp3) is 0.929. The van der Waals surface area contributed by atoms with Crippen molar-refractivity contribution in [2.24, 2.45) is 5.73 Å². The second-order valence-electron chi connectivity index (χ2n) is 6.11. The first-order valence-corrected chi connectivity index (χ1v) is 7.24. The third-order valence-electron chi connectivity index (χ3n) is 4.48. The highest BCUT2D eigenvalue weighted by molar-refractivity contribution is 5.77. The lowest BCUT2D eigenvalue weighted by atomic mass is 9.92. The van der Waals surface area contributed by atoms with Crippen molar-refractivity contribution in [3.8, 4) is 0 Å². The van der Waals surface area contributed by atoms with Gasteiger partial charge in [-0.2, -0.15) is 0 Å². The van der Waals surface area contributed by atoms with E-state index in [2.05, 4.69) is 30.7 Å². The summed E-state index contributed by atoms with van der Waals surface area (Å²) in [6.45, 7) is 9.25. The number of likely N-dealkylation sites (tertiary alicyclic amines) is 1. The lowest BCUT2D eigenvalue weighted by Crippen LogP contribution is -2.52. The largest absolute Gasteiger partial charge is 0.480 e. The molecule has 112 valence electrons. The lowest BCUT2D eigenvalue weighted by Gasteiger charge is -2.40. The molecule has 3 N–H and O–H groups in total. The van der Waals surface area contributed by atoms with Gasteiger partial charge in [0.25, 0.3) is 0 Å². The van der Waals surface area contributed by atoms with E-state index < -0.39 is 11.5 Å². The van der Waals surface area contributed by atoms with Gasteiger partial charge in [-0.3, -0.25) is 4.79 Å². The molecular formula is C14H29N3O2. The third-order valence-corrected chi connectivity index (χ3v) is 4.48. The summed E-state index contributed by atoms with van der Waals surface area (Å²) in [6.07, 6.45) is 2.79. The monoisotopic (exact) mass is 271 g/mol. The maximum absolute atomic E-state index is 11.1. The van der Waals surface area contributed by atoms with Crippen LogP contribution in [0.2, 0.25) is 0 Å². The van der Waals surface area contributed by atoms with Crippen molar-refractivity contribution in [3.63, 3.8) is 0 Å². The topological polar surface area (TPSA) is 69.8 Å². The van der Waals surface area contributed by atoms with Gasteiger partial charge in [-0.05, 0) is 59.8 Å². The van der Waals surface area contributed by atoms with Gasteiger partial charge in [0.1, 0.15) is 5.54 Å². The van der Waals surface area contributed by atoms with Gasteiger partial charge in [-0.1, -0.05) is 6.92 Å². The second-order valence-corrected chi connectivity index (χ2v) is 6.11. The van der Waals surface area contributed by atoms with Crippen molar-refractivity contribution < 1.29 is 9.90 Å². The molecule has 0 aliphatic carbocycles. The minimum Gasteiger partial charge on any atom is -0.480 e. The van der Waals surface area contributed by atoms with Crippen LogP contribution in [-0.4, -0.2) is 65.2 Å². The zero-order valence-corrected chi connectivity index (χ0v) is 12.7. The maximum Gasteiger partial charge on any atom is 0.323 e. The molecule has 5 heteroatoms. The number of carboxylic acids is 1. The summed E-state index contributed by atoms with van der Waals surface area (Å²) in [7, 11) is 2.09. The second kappa shape index (κ2) is 6.68. The minimum atomic E-state index is -1.14. The molecule has 0 aromatic carbocycles. The van der Waals surface area contributed by atoms with Crippen LogP contribution in [0.25, 0.3) is 0 Å². The number of hydrogen-bond donors (Lipinski definition) is 2. The van der Waals surface area contributed by atoms with Crippen molar-refractivity contribution in [2.75, 3.05) is 26.7 Å². The highest BCUT2D eigenvalue weighted by Crippen LogP contribution is 2.21. The Morgan fingerprint density at radius 1 is 1.53 bits per heavy atom. The molecular weight excluding hydrogens is 242 g/mol. The van der Waals surface area contributed by atoms with Crippen LogP contribution in [0.1, 0.15) is 40.0 Å². The zero-order chi connectivity index (χ0) is 14.6.